The second kappa shape index (κ2) is 5.69. The molecule has 5 nitrogen and oxygen atoms in total. The maximum absolute atomic E-state index is 11.0. The average molecular weight is 285 g/mol. The molecule has 0 saturated heterocycles. The molecule has 0 radical (unpaired) electrons. The van der Waals surface area contributed by atoms with Gasteiger partial charge in [0.05, 0.1) is 0 Å². The van der Waals surface area contributed by atoms with Crippen LogP contribution in [0.2, 0.25) is 0 Å². The van der Waals surface area contributed by atoms with Gasteiger partial charge in [-0.15, -0.1) is 0 Å². The third kappa shape index (κ3) is 3.13. The first-order chi connectivity index (χ1) is 10.1. The van der Waals surface area contributed by atoms with Gasteiger partial charge >= 0.3 is 5.97 Å². The summed E-state index contributed by atoms with van der Waals surface area (Å²) in [4.78, 5) is 15.5. The molecule has 1 aliphatic carbocycles. The van der Waals surface area contributed by atoms with E-state index < -0.39 is 12.0 Å². The van der Waals surface area contributed by atoms with Crippen LogP contribution in [0.1, 0.15) is 35.8 Å². The predicted molar refractivity (Wildman–Crippen MR) is 79.1 cm³/mol. The second-order valence-corrected chi connectivity index (χ2v) is 5.60. The SMILES string of the molecule is NC(Cc1cnc(C2CC2)n1Cc1ccccc1)C(=O)O. The molecule has 21 heavy (non-hydrogen) atoms. The molecule has 1 fully saturated rings. The highest BCUT2D eigenvalue weighted by atomic mass is 16.4. The van der Waals surface area contributed by atoms with E-state index in [4.69, 9.17) is 10.8 Å². The summed E-state index contributed by atoms with van der Waals surface area (Å²) < 4.78 is 2.13. The molecule has 2 aromatic rings. The number of hydrogen-bond donors (Lipinski definition) is 2. The zero-order valence-corrected chi connectivity index (χ0v) is 11.8. The van der Waals surface area contributed by atoms with E-state index in [-0.39, 0.29) is 0 Å². The second-order valence-electron chi connectivity index (χ2n) is 5.60. The monoisotopic (exact) mass is 285 g/mol. The van der Waals surface area contributed by atoms with E-state index in [1.807, 2.05) is 18.2 Å². The van der Waals surface area contributed by atoms with Gasteiger partial charge in [0.2, 0.25) is 0 Å². The molecule has 1 aliphatic rings. The van der Waals surface area contributed by atoms with Crippen LogP contribution >= 0.6 is 0 Å². The number of benzene rings is 1. The first-order valence-electron chi connectivity index (χ1n) is 7.21. The Bertz CT molecular complexity index is 632. The molecule has 1 atom stereocenters. The minimum absolute atomic E-state index is 0.307. The molecule has 0 amide bonds. The third-order valence-corrected chi connectivity index (χ3v) is 3.84. The Hall–Kier alpha value is -2.14. The van der Waals surface area contributed by atoms with Crippen molar-refractivity contribution in [3.05, 3.63) is 53.6 Å². The summed E-state index contributed by atoms with van der Waals surface area (Å²) in [6.45, 7) is 0.717. The Morgan fingerprint density at radius 2 is 2.10 bits per heavy atom. The zero-order valence-electron chi connectivity index (χ0n) is 11.8. The largest absolute Gasteiger partial charge is 0.480 e. The summed E-state index contributed by atoms with van der Waals surface area (Å²) in [5, 5.41) is 9.00. The Morgan fingerprint density at radius 1 is 1.38 bits per heavy atom. The summed E-state index contributed by atoms with van der Waals surface area (Å²) in [6.07, 6.45) is 4.41. The van der Waals surface area contributed by atoms with Gasteiger partial charge in [0.25, 0.3) is 0 Å². The quantitative estimate of drug-likeness (QED) is 0.847. The van der Waals surface area contributed by atoms with E-state index in [9.17, 15) is 4.79 Å². The first-order valence-corrected chi connectivity index (χ1v) is 7.21. The van der Waals surface area contributed by atoms with Gasteiger partial charge in [-0.1, -0.05) is 30.3 Å². The number of rotatable bonds is 6. The molecule has 0 aliphatic heterocycles. The summed E-state index contributed by atoms with van der Waals surface area (Å²) in [5.74, 6) is 0.602. The molecule has 3 N–H and O–H groups in total. The maximum atomic E-state index is 11.0. The lowest BCUT2D eigenvalue weighted by molar-refractivity contribution is -0.138. The van der Waals surface area contributed by atoms with Crippen LogP contribution < -0.4 is 5.73 Å². The minimum Gasteiger partial charge on any atom is -0.480 e. The van der Waals surface area contributed by atoms with Crippen molar-refractivity contribution in [2.45, 2.75) is 37.8 Å². The molecular weight excluding hydrogens is 266 g/mol. The Morgan fingerprint density at radius 3 is 2.71 bits per heavy atom. The number of carboxylic acid groups (broad SMARTS) is 1. The van der Waals surface area contributed by atoms with Crippen LogP contribution in [0.5, 0.6) is 0 Å². The van der Waals surface area contributed by atoms with E-state index in [2.05, 4.69) is 21.7 Å². The Kier molecular flexibility index (Phi) is 3.75. The lowest BCUT2D eigenvalue weighted by Gasteiger charge is -2.13. The van der Waals surface area contributed by atoms with Gasteiger partial charge in [-0.3, -0.25) is 4.79 Å². The minimum atomic E-state index is -0.976. The molecule has 0 bridgehead atoms. The topological polar surface area (TPSA) is 81.1 Å². The van der Waals surface area contributed by atoms with Crippen molar-refractivity contribution >= 4 is 5.97 Å². The highest BCUT2D eigenvalue weighted by Crippen LogP contribution is 2.39. The third-order valence-electron chi connectivity index (χ3n) is 3.84. The van der Waals surface area contributed by atoms with Crippen LogP contribution in [-0.4, -0.2) is 26.7 Å². The highest BCUT2D eigenvalue weighted by molar-refractivity contribution is 5.73. The van der Waals surface area contributed by atoms with Gasteiger partial charge in [0.15, 0.2) is 0 Å². The van der Waals surface area contributed by atoms with E-state index in [0.29, 0.717) is 18.9 Å². The summed E-state index contributed by atoms with van der Waals surface area (Å²) in [7, 11) is 0. The van der Waals surface area contributed by atoms with E-state index in [1.165, 1.54) is 5.56 Å². The number of hydrogen-bond acceptors (Lipinski definition) is 3. The predicted octanol–water partition coefficient (Wildman–Crippen LogP) is 1.76. The Labute approximate surface area is 123 Å². The van der Waals surface area contributed by atoms with Crippen LogP contribution in [0.25, 0.3) is 0 Å². The number of nitrogens with two attached hydrogens (primary N) is 1. The summed E-state index contributed by atoms with van der Waals surface area (Å²) in [6, 6.07) is 9.25. The van der Waals surface area contributed by atoms with Crippen LogP contribution in [0.4, 0.5) is 0 Å². The fourth-order valence-electron chi connectivity index (χ4n) is 2.52. The zero-order chi connectivity index (χ0) is 14.8. The standard InChI is InChI=1S/C16H19N3O2/c17-14(16(20)21)8-13-9-18-15(12-6-7-12)19(13)10-11-4-2-1-3-5-11/h1-5,9,12,14H,6-8,10,17H2,(H,20,21). The maximum Gasteiger partial charge on any atom is 0.320 e. The highest BCUT2D eigenvalue weighted by Gasteiger charge is 2.29. The molecule has 1 heterocycles. The van der Waals surface area contributed by atoms with E-state index in [1.54, 1.807) is 6.20 Å². The molecular formula is C16H19N3O2. The molecule has 1 aromatic carbocycles. The fraction of sp³-hybridized carbons (Fsp3) is 0.375. The van der Waals surface area contributed by atoms with Crippen LogP contribution in [-0.2, 0) is 17.8 Å². The Balaban J connectivity index is 1.88. The number of carboxylic acids is 1. The lowest BCUT2D eigenvalue weighted by Crippen LogP contribution is -2.33. The summed E-state index contributed by atoms with van der Waals surface area (Å²) in [5.41, 5.74) is 7.75. The molecule has 1 unspecified atom stereocenters. The smallest absolute Gasteiger partial charge is 0.320 e. The van der Waals surface area contributed by atoms with Gasteiger partial charge in [-0.25, -0.2) is 4.98 Å². The van der Waals surface area contributed by atoms with Crippen molar-refractivity contribution in [2.75, 3.05) is 0 Å². The molecule has 3 rings (SSSR count). The van der Waals surface area contributed by atoms with Gasteiger partial charge in [0.1, 0.15) is 11.9 Å². The van der Waals surface area contributed by atoms with Crippen molar-refractivity contribution in [3.8, 4) is 0 Å². The van der Waals surface area contributed by atoms with Gasteiger partial charge in [-0.05, 0) is 18.4 Å². The number of aliphatic carboxylic acids is 1. The summed E-state index contributed by atoms with van der Waals surface area (Å²) >= 11 is 0. The van der Waals surface area contributed by atoms with E-state index in [0.717, 1.165) is 24.4 Å². The first kappa shape index (κ1) is 13.8. The number of nitrogens with zero attached hydrogens (tertiary/aromatic N) is 2. The van der Waals surface area contributed by atoms with Crippen molar-refractivity contribution < 1.29 is 9.90 Å². The van der Waals surface area contributed by atoms with Crippen LogP contribution in [0.3, 0.4) is 0 Å². The molecule has 110 valence electrons. The molecule has 1 aromatic heterocycles. The lowest BCUT2D eigenvalue weighted by atomic mass is 10.1. The van der Waals surface area contributed by atoms with Gasteiger partial charge in [-0.2, -0.15) is 0 Å². The van der Waals surface area contributed by atoms with Gasteiger partial charge < -0.3 is 15.4 Å². The van der Waals surface area contributed by atoms with Crippen molar-refractivity contribution in [3.63, 3.8) is 0 Å². The number of imidazole rings is 1. The number of aromatic nitrogens is 2. The number of carbonyl (C=O) groups is 1. The average Bonchev–Trinajstić information content (AvgIpc) is 3.25. The van der Waals surface area contributed by atoms with Crippen molar-refractivity contribution in [1.82, 2.24) is 9.55 Å². The molecule has 1 saturated carbocycles. The normalized spacial score (nSPS) is 15.9. The van der Waals surface area contributed by atoms with Gasteiger partial charge in [0, 0.05) is 30.8 Å². The van der Waals surface area contributed by atoms with Crippen LogP contribution in [0, 0.1) is 0 Å². The van der Waals surface area contributed by atoms with Crippen molar-refractivity contribution in [1.29, 1.82) is 0 Å². The van der Waals surface area contributed by atoms with E-state index >= 15 is 0 Å². The molecule has 5 heteroatoms. The fourth-order valence-corrected chi connectivity index (χ4v) is 2.52. The molecule has 0 spiro atoms. The van der Waals surface area contributed by atoms with Crippen LogP contribution in [0.15, 0.2) is 36.5 Å². The van der Waals surface area contributed by atoms with Crippen molar-refractivity contribution in [2.24, 2.45) is 5.73 Å².